The smallest absolute Gasteiger partial charge is 0.0239 e. The number of nitrogens with zero attached hydrogens (tertiary/aromatic N) is 2. The van der Waals surface area contributed by atoms with E-state index in [1.54, 1.807) is 0 Å². The molecule has 1 radical (unpaired) electrons. The van der Waals surface area contributed by atoms with Crippen LogP contribution in [0.3, 0.4) is 0 Å². The molecule has 267 valence electrons. The van der Waals surface area contributed by atoms with Crippen molar-refractivity contribution in [3.63, 3.8) is 0 Å². The van der Waals surface area contributed by atoms with Crippen molar-refractivity contribution in [3.05, 3.63) is 156 Å². The van der Waals surface area contributed by atoms with Crippen molar-refractivity contribution in [2.45, 2.75) is 71.6 Å². The maximum absolute atomic E-state index is 4.98. The molecular formula is C49H44IrN2S-2. The number of rotatable bonds is 2. The van der Waals surface area contributed by atoms with Crippen molar-refractivity contribution in [3.8, 4) is 33.6 Å². The number of thiophene rings is 1. The van der Waals surface area contributed by atoms with Gasteiger partial charge < -0.3 is 9.97 Å². The Balaban J connectivity index is 0.000000180. The second-order valence-corrected chi connectivity index (χ2v) is 17.6. The van der Waals surface area contributed by atoms with Gasteiger partial charge in [0.1, 0.15) is 0 Å². The monoisotopic (exact) mass is 885 g/mol. The SMILES string of the molecule is CC(C)(C)c1c[c-]c(-c2ccc(C(C)(C)C)cn2)cc1.CC1(C)c2c(ccnc2-c2[c-]ccc3c2sc2ccccc23)-c2ccc3ccccc3c21.[Ir]. The number of hydrogen-bond donors (Lipinski definition) is 0. The molecule has 1 aliphatic carbocycles. The maximum Gasteiger partial charge on any atom is 0.0239 e. The third-order valence-electron chi connectivity index (χ3n) is 10.6. The minimum Gasteiger partial charge on any atom is -0.304 e. The Labute approximate surface area is 331 Å². The topological polar surface area (TPSA) is 25.8 Å². The molecule has 0 unspecified atom stereocenters. The molecule has 0 N–H and O–H groups in total. The molecule has 0 atom stereocenters. The maximum atomic E-state index is 4.98. The number of aromatic nitrogens is 2. The summed E-state index contributed by atoms with van der Waals surface area (Å²) in [5.41, 5.74) is 12.3. The Morgan fingerprint density at radius 3 is 2.02 bits per heavy atom. The predicted octanol–water partition coefficient (Wildman–Crippen LogP) is 13.5. The first-order valence-corrected chi connectivity index (χ1v) is 19.0. The zero-order chi connectivity index (χ0) is 36.4. The first kappa shape index (κ1) is 36.9. The van der Waals surface area contributed by atoms with Crippen LogP contribution in [0.1, 0.15) is 77.6 Å². The van der Waals surface area contributed by atoms with Crippen molar-refractivity contribution < 1.29 is 20.1 Å². The minimum absolute atomic E-state index is 0. The van der Waals surface area contributed by atoms with Crippen molar-refractivity contribution in [2.24, 2.45) is 0 Å². The van der Waals surface area contributed by atoms with Gasteiger partial charge >= 0.3 is 0 Å². The van der Waals surface area contributed by atoms with Gasteiger partial charge in [-0.15, -0.1) is 59.2 Å². The van der Waals surface area contributed by atoms with Crippen molar-refractivity contribution >= 4 is 42.3 Å². The van der Waals surface area contributed by atoms with Crippen LogP contribution in [0.15, 0.2) is 122 Å². The second kappa shape index (κ2) is 13.7. The van der Waals surface area contributed by atoms with Crippen LogP contribution in [0.2, 0.25) is 0 Å². The van der Waals surface area contributed by atoms with Crippen LogP contribution in [0.25, 0.3) is 64.6 Å². The minimum atomic E-state index is -0.151. The van der Waals surface area contributed by atoms with Gasteiger partial charge in [-0.25, -0.2) is 0 Å². The molecule has 53 heavy (non-hydrogen) atoms. The van der Waals surface area contributed by atoms with Crippen molar-refractivity contribution in [1.29, 1.82) is 0 Å². The zero-order valence-electron chi connectivity index (χ0n) is 31.7. The molecule has 8 aromatic rings. The van der Waals surface area contributed by atoms with Crippen LogP contribution in [-0.2, 0) is 36.4 Å². The Morgan fingerprint density at radius 2 is 1.32 bits per heavy atom. The van der Waals surface area contributed by atoms with Gasteiger partial charge in [0.05, 0.1) is 0 Å². The largest absolute Gasteiger partial charge is 0.304 e. The van der Waals surface area contributed by atoms with Gasteiger partial charge in [0.15, 0.2) is 0 Å². The summed E-state index contributed by atoms with van der Waals surface area (Å²) in [6.07, 6.45) is 3.94. The summed E-state index contributed by atoms with van der Waals surface area (Å²) in [6, 6.07) is 45.9. The second-order valence-electron chi connectivity index (χ2n) is 16.5. The van der Waals surface area contributed by atoms with Gasteiger partial charge in [0.2, 0.25) is 0 Å². The van der Waals surface area contributed by atoms with Gasteiger partial charge in [-0.1, -0.05) is 128 Å². The number of pyridine rings is 2. The summed E-state index contributed by atoms with van der Waals surface area (Å²) in [6.45, 7) is 17.9. The van der Waals surface area contributed by atoms with E-state index in [-0.39, 0.29) is 36.4 Å². The van der Waals surface area contributed by atoms with Gasteiger partial charge in [-0.2, -0.15) is 11.3 Å². The standard InChI is InChI=1S/C30H20NS.C19H24N.Ir/c1-30(2)26-19-9-4-3-8-18(19)14-15-21(26)22-16-17-31-28(27(22)30)24-12-7-11-23-20-10-5-6-13-25(20)32-29(23)24;1-18(2,3)15-9-7-14(8-10-15)17-12-11-16(13-20-17)19(4,5)6;/h3-11,13-17H,1-2H3;7,9-13H,1-6H3;/q2*-1;. The zero-order valence-corrected chi connectivity index (χ0v) is 34.9. The fourth-order valence-electron chi connectivity index (χ4n) is 7.72. The summed E-state index contributed by atoms with van der Waals surface area (Å²) in [7, 11) is 0. The summed E-state index contributed by atoms with van der Waals surface area (Å²) < 4.78 is 2.58. The molecule has 3 aromatic heterocycles. The summed E-state index contributed by atoms with van der Waals surface area (Å²) >= 11 is 1.84. The van der Waals surface area contributed by atoms with Gasteiger partial charge in [-0.05, 0) is 83.0 Å². The molecule has 2 nitrogen and oxygen atoms in total. The Hall–Kier alpha value is -4.47. The fraction of sp³-hybridized carbons (Fsp3) is 0.224. The van der Waals surface area contributed by atoms with E-state index in [1.165, 1.54) is 64.3 Å². The Morgan fingerprint density at radius 1 is 0.623 bits per heavy atom. The quantitative estimate of drug-likeness (QED) is 0.162. The fourth-order valence-corrected chi connectivity index (χ4v) is 8.92. The molecule has 0 aliphatic heterocycles. The van der Waals surface area contributed by atoms with Gasteiger partial charge in [0.25, 0.3) is 0 Å². The average molecular weight is 885 g/mol. The summed E-state index contributed by atoms with van der Waals surface area (Å²) in [5, 5.41) is 5.22. The number of hydrogen-bond acceptors (Lipinski definition) is 3. The summed E-state index contributed by atoms with van der Waals surface area (Å²) in [4.78, 5) is 9.55. The van der Waals surface area contributed by atoms with Crippen LogP contribution in [0.5, 0.6) is 0 Å². The first-order chi connectivity index (χ1) is 24.8. The van der Waals surface area contributed by atoms with Crippen LogP contribution in [0, 0.1) is 12.1 Å². The van der Waals surface area contributed by atoms with Crippen LogP contribution in [-0.4, -0.2) is 9.97 Å². The van der Waals surface area contributed by atoms with Crippen molar-refractivity contribution in [2.75, 3.05) is 0 Å². The van der Waals surface area contributed by atoms with Crippen molar-refractivity contribution in [1.82, 2.24) is 9.97 Å². The van der Waals surface area contributed by atoms with E-state index < -0.39 is 0 Å². The molecule has 5 aromatic carbocycles. The molecule has 0 amide bonds. The molecule has 0 saturated heterocycles. The number of benzene rings is 5. The Bertz CT molecular complexity index is 2540. The van der Waals surface area contributed by atoms with E-state index in [0.29, 0.717) is 0 Å². The Kier molecular flexibility index (Phi) is 9.56. The normalized spacial score (nSPS) is 13.3. The predicted molar refractivity (Wildman–Crippen MR) is 222 cm³/mol. The van der Waals surface area contributed by atoms with Gasteiger partial charge in [0, 0.05) is 42.6 Å². The molecule has 9 rings (SSSR count). The molecule has 0 saturated carbocycles. The van der Waals surface area contributed by atoms with E-state index in [9.17, 15) is 0 Å². The van der Waals surface area contributed by atoms with Crippen LogP contribution < -0.4 is 0 Å². The molecule has 0 bridgehead atoms. The third kappa shape index (κ3) is 6.56. The van der Waals surface area contributed by atoms with E-state index in [4.69, 9.17) is 4.98 Å². The molecule has 3 heterocycles. The number of fused-ring (bicyclic) bond motifs is 8. The molecule has 0 fully saturated rings. The molecular weight excluding hydrogens is 841 g/mol. The first-order valence-electron chi connectivity index (χ1n) is 18.2. The van der Waals surface area contributed by atoms with Crippen LogP contribution >= 0.6 is 11.3 Å². The molecule has 0 spiro atoms. The van der Waals surface area contributed by atoms with E-state index in [1.807, 2.05) is 23.7 Å². The van der Waals surface area contributed by atoms with E-state index in [2.05, 4.69) is 182 Å². The summed E-state index contributed by atoms with van der Waals surface area (Å²) in [5.74, 6) is 0. The van der Waals surface area contributed by atoms with Gasteiger partial charge in [-0.3, -0.25) is 0 Å². The molecule has 1 aliphatic rings. The van der Waals surface area contributed by atoms with E-state index >= 15 is 0 Å². The average Bonchev–Trinajstić information content (AvgIpc) is 3.64. The third-order valence-corrected chi connectivity index (χ3v) is 11.8. The van der Waals surface area contributed by atoms with Crippen LogP contribution in [0.4, 0.5) is 0 Å². The van der Waals surface area contributed by atoms with E-state index in [0.717, 1.165) is 22.5 Å². The molecule has 4 heteroatoms.